The van der Waals surface area contributed by atoms with Gasteiger partial charge in [-0.3, -0.25) is 0 Å². The van der Waals surface area contributed by atoms with Crippen molar-refractivity contribution in [3.63, 3.8) is 0 Å². The number of rotatable bonds is 6. The van der Waals surface area contributed by atoms with Crippen LogP contribution in [0.15, 0.2) is 46.0 Å². The molecular formula is C15H14N6O4S2. The molecule has 140 valence electrons. The molecule has 0 saturated carbocycles. The first-order valence-electron chi connectivity index (χ1n) is 7.42. The Morgan fingerprint density at radius 2 is 1.93 bits per heavy atom. The number of aromatic nitrogens is 3. The third-order valence-electron chi connectivity index (χ3n) is 3.15. The van der Waals surface area contributed by atoms with Gasteiger partial charge in [0.15, 0.2) is 12.4 Å². The molecule has 3 aromatic rings. The van der Waals surface area contributed by atoms with Crippen LogP contribution in [0.1, 0.15) is 16.2 Å². The van der Waals surface area contributed by atoms with E-state index in [0.717, 1.165) is 23.1 Å². The Morgan fingerprint density at radius 3 is 2.59 bits per heavy atom. The number of benzene rings is 1. The second-order valence-electron chi connectivity index (χ2n) is 5.20. The topological polar surface area (TPSA) is 163 Å². The number of hydrogen-bond acceptors (Lipinski definition) is 10. The third-order valence-corrected chi connectivity index (χ3v) is 5.54. The first-order chi connectivity index (χ1) is 12.8. The predicted octanol–water partition coefficient (Wildman–Crippen LogP) is 1.26. The molecule has 0 aliphatic heterocycles. The fourth-order valence-electron chi connectivity index (χ4n) is 2.00. The minimum Gasteiger partial charge on any atom is -0.454 e. The van der Waals surface area contributed by atoms with Gasteiger partial charge < -0.3 is 15.8 Å². The molecule has 2 heterocycles. The minimum absolute atomic E-state index is 0.0403. The molecule has 27 heavy (non-hydrogen) atoms. The normalized spacial score (nSPS) is 11.1. The number of para-hydroxylation sites is 1. The van der Waals surface area contributed by atoms with E-state index in [1.807, 2.05) is 30.3 Å². The molecule has 0 saturated heterocycles. The van der Waals surface area contributed by atoms with Crippen LogP contribution < -0.4 is 16.2 Å². The molecule has 0 fully saturated rings. The van der Waals surface area contributed by atoms with Gasteiger partial charge in [-0.05, 0) is 18.2 Å². The standard InChI is InChI=1S/C15H14N6O4S2/c16-14-19-11(20-15(21-14)18-10-4-2-1-3-5-10)7-25-13(22)9-6-12(26-8-9)27(17,23)24/h1-6,8H,7H2,(H2,17,23,24)(H3,16,18,19,20,21). The number of carbonyl (C=O) groups excluding carboxylic acids is 1. The van der Waals surface area contributed by atoms with Crippen molar-refractivity contribution >= 4 is 44.9 Å². The van der Waals surface area contributed by atoms with E-state index in [-0.39, 0.29) is 34.1 Å². The van der Waals surface area contributed by atoms with Gasteiger partial charge in [-0.2, -0.15) is 15.0 Å². The van der Waals surface area contributed by atoms with Crippen molar-refractivity contribution in [3.8, 4) is 0 Å². The summed E-state index contributed by atoms with van der Waals surface area (Å²) in [6.07, 6.45) is 0. The van der Waals surface area contributed by atoms with Crippen molar-refractivity contribution in [2.24, 2.45) is 5.14 Å². The average molecular weight is 406 g/mol. The lowest BCUT2D eigenvalue weighted by molar-refractivity contribution is 0.0462. The molecule has 2 aromatic heterocycles. The quantitative estimate of drug-likeness (QED) is 0.511. The Morgan fingerprint density at radius 1 is 1.19 bits per heavy atom. The van der Waals surface area contributed by atoms with Crippen molar-refractivity contribution < 1.29 is 17.9 Å². The second kappa shape index (κ2) is 7.65. The number of ether oxygens (including phenoxy) is 1. The van der Waals surface area contributed by atoms with Crippen LogP contribution in [0.4, 0.5) is 17.6 Å². The predicted molar refractivity (Wildman–Crippen MR) is 98.8 cm³/mol. The van der Waals surface area contributed by atoms with E-state index in [0.29, 0.717) is 0 Å². The molecule has 0 bridgehead atoms. The zero-order valence-electron chi connectivity index (χ0n) is 13.7. The molecule has 0 unspecified atom stereocenters. The van der Waals surface area contributed by atoms with Gasteiger partial charge in [0.25, 0.3) is 0 Å². The van der Waals surface area contributed by atoms with Crippen LogP contribution in [0.25, 0.3) is 0 Å². The van der Waals surface area contributed by atoms with Crippen molar-refractivity contribution in [1.82, 2.24) is 15.0 Å². The summed E-state index contributed by atoms with van der Waals surface area (Å²) in [5.74, 6) is -0.442. The maximum atomic E-state index is 12.0. The molecule has 0 aliphatic rings. The Kier molecular flexibility index (Phi) is 5.30. The third kappa shape index (κ3) is 4.97. The lowest BCUT2D eigenvalue weighted by Gasteiger charge is -2.07. The van der Waals surface area contributed by atoms with Crippen LogP contribution in [0.2, 0.25) is 0 Å². The van der Waals surface area contributed by atoms with E-state index < -0.39 is 16.0 Å². The van der Waals surface area contributed by atoms with E-state index in [4.69, 9.17) is 15.6 Å². The van der Waals surface area contributed by atoms with Gasteiger partial charge in [-0.1, -0.05) is 18.2 Å². The van der Waals surface area contributed by atoms with Crippen molar-refractivity contribution in [2.45, 2.75) is 10.8 Å². The van der Waals surface area contributed by atoms with E-state index in [1.165, 1.54) is 5.38 Å². The highest BCUT2D eigenvalue weighted by Gasteiger charge is 2.17. The fourth-order valence-corrected chi connectivity index (χ4v) is 3.57. The average Bonchev–Trinajstić information content (AvgIpc) is 3.11. The number of nitrogens with two attached hydrogens (primary N) is 2. The van der Waals surface area contributed by atoms with Crippen LogP contribution in [-0.4, -0.2) is 29.3 Å². The zero-order chi connectivity index (χ0) is 19.4. The van der Waals surface area contributed by atoms with Gasteiger partial charge in [0, 0.05) is 11.1 Å². The highest BCUT2D eigenvalue weighted by Crippen LogP contribution is 2.20. The molecule has 0 amide bonds. The lowest BCUT2D eigenvalue weighted by Crippen LogP contribution is -2.12. The van der Waals surface area contributed by atoms with Crippen molar-refractivity contribution in [2.75, 3.05) is 11.1 Å². The van der Waals surface area contributed by atoms with E-state index in [9.17, 15) is 13.2 Å². The van der Waals surface area contributed by atoms with Gasteiger partial charge in [0.1, 0.15) is 4.21 Å². The Bertz CT molecular complexity index is 1070. The number of nitrogens with one attached hydrogen (secondary N) is 1. The number of primary sulfonamides is 1. The van der Waals surface area contributed by atoms with Crippen LogP contribution in [0.3, 0.4) is 0 Å². The van der Waals surface area contributed by atoms with Gasteiger partial charge in [0.05, 0.1) is 5.56 Å². The molecule has 3 rings (SSSR count). The maximum absolute atomic E-state index is 12.0. The zero-order valence-corrected chi connectivity index (χ0v) is 15.3. The molecule has 0 radical (unpaired) electrons. The molecule has 0 atom stereocenters. The Balaban J connectivity index is 1.68. The molecule has 5 N–H and O–H groups in total. The number of esters is 1. The maximum Gasteiger partial charge on any atom is 0.339 e. The number of nitrogen functional groups attached to an aromatic ring is 1. The summed E-state index contributed by atoms with van der Waals surface area (Å²) in [5.41, 5.74) is 6.47. The summed E-state index contributed by atoms with van der Waals surface area (Å²) >= 11 is 0.828. The van der Waals surface area contributed by atoms with E-state index in [1.54, 1.807) is 0 Å². The van der Waals surface area contributed by atoms with Crippen LogP contribution in [-0.2, 0) is 21.4 Å². The van der Waals surface area contributed by atoms with Crippen molar-refractivity contribution in [3.05, 3.63) is 53.2 Å². The van der Waals surface area contributed by atoms with Crippen LogP contribution >= 0.6 is 11.3 Å². The van der Waals surface area contributed by atoms with Crippen molar-refractivity contribution in [1.29, 1.82) is 0 Å². The SMILES string of the molecule is Nc1nc(COC(=O)c2csc(S(N)(=O)=O)c2)nc(Nc2ccccc2)n1. The van der Waals surface area contributed by atoms with Gasteiger partial charge in [-0.25, -0.2) is 18.4 Å². The molecule has 1 aromatic carbocycles. The fraction of sp³-hybridized carbons (Fsp3) is 0.0667. The Labute approximate surface area is 158 Å². The summed E-state index contributed by atoms with van der Waals surface area (Å²) < 4.78 is 27.5. The molecular weight excluding hydrogens is 392 g/mol. The summed E-state index contributed by atoms with van der Waals surface area (Å²) in [7, 11) is -3.87. The van der Waals surface area contributed by atoms with Gasteiger partial charge >= 0.3 is 5.97 Å². The summed E-state index contributed by atoms with van der Waals surface area (Å²) in [5, 5.41) is 9.32. The first-order valence-corrected chi connectivity index (χ1v) is 9.85. The minimum atomic E-state index is -3.87. The highest BCUT2D eigenvalue weighted by atomic mass is 32.2. The van der Waals surface area contributed by atoms with Crippen LogP contribution in [0, 0.1) is 0 Å². The number of anilines is 3. The molecule has 10 nitrogen and oxygen atoms in total. The van der Waals surface area contributed by atoms with E-state index >= 15 is 0 Å². The smallest absolute Gasteiger partial charge is 0.339 e. The number of thiophene rings is 1. The largest absolute Gasteiger partial charge is 0.454 e. The lowest BCUT2D eigenvalue weighted by atomic mass is 10.3. The second-order valence-corrected chi connectivity index (χ2v) is 7.90. The van der Waals surface area contributed by atoms with Gasteiger partial charge in [0.2, 0.25) is 21.9 Å². The number of nitrogens with zero attached hydrogens (tertiary/aromatic N) is 3. The summed E-state index contributed by atoms with van der Waals surface area (Å²) in [6, 6.07) is 10.3. The molecule has 0 spiro atoms. The number of sulfonamides is 1. The summed E-state index contributed by atoms with van der Waals surface area (Å²) in [6.45, 7) is -0.268. The highest BCUT2D eigenvalue weighted by molar-refractivity contribution is 7.91. The number of hydrogen-bond donors (Lipinski definition) is 3. The Hall–Kier alpha value is -3.09. The van der Waals surface area contributed by atoms with E-state index in [2.05, 4.69) is 20.3 Å². The first kappa shape index (κ1) is 18.7. The number of carbonyl (C=O) groups is 1. The molecule has 12 heteroatoms. The summed E-state index contributed by atoms with van der Waals surface area (Å²) in [4.78, 5) is 24.1. The van der Waals surface area contributed by atoms with Gasteiger partial charge in [-0.15, -0.1) is 11.3 Å². The monoisotopic (exact) mass is 406 g/mol. The van der Waals surface area contributed by atoms with Crippen LogP contribution in [0.5, 0.6) is 0 Å². The molecule has 0 aliphatic carbocycles.